The summed E-state index contributed by atoms with van der Waals surface area (Å²) in [6.07, 6.45) is 9.00. The van der Waals surface area contributed by atoms with Gasteiger partial charge in [-0.2, -0.15) is 0 Å². The van der Waals surface area contributed by atoms with Crippen molar-refractivity contribution >= 4 is 29.2 Å². The van der Waals surface area contributed by atoms with Gasteiger partial charge in [0.05, 0.1) is 23.5 Å². The van der Waals surface area contributed by atoms with E-state index in [1.807, 2.05) is 0 Å². The largest absolute Gasteiger partial charge is 0.516 e. The van der Waals surface area contributed by atoms with E-state index in [1.165, 1.54) is 18.4 Å². The van der Waals surface area contributed by atoms with Crippen molar-refractivity contribution in [1.82, 2.24) is 0 Å². The highest BCUT2D eigenvalue weighted by atomic mass is 16.7. The van der Waals surface area contributed by atoms with Crippen LogP contribution in [0.4, 0.5) is 0 Å². The molecule has 0 atom stereocenters. The second-order valence-electron chi connectivity index (χ2n) is 4.88. The van der Waals surface area contributed by atoms with E-state index in [-0.39, 0.29) is 23.5 Å². The van der Waals surface area contributed by atoms with Gasteiger partial charge < -0.3 is 24.1 Å². The van der Waals surface area contributed by atoms with Gasteiger partial charge in [-0.3, -0.25) is 4.79 Å². The zero-order valence-corrected chi connectivity index (χ0v) is 12.5. The predicted octanol–water partition coefficient (Wildman–Crippen LogP) is 3.71. The first kappa shape index (κ1) is 15.5. The number of aliphatic hydroxyl groups excluding tert-OH is 2. The van der Waals surface area contributed by atoms with Crippen molar-refractivity contribution in [2.75, 3.05) is 6.79 Å². The third-order valence-electron chi connectivity index (χ3n) is 3.38. The Balaban J connectivity index is 2.10. The Morgan fingerprint density at radius 2 is 1.88 bits per heavy atom. The maximum Gasteiger partial charge on any atom is 0.230 e. The molecule has 122 valence electrons. The molecule has 0 saturated carbocycles. The molecule has 2 aromatic rings. The smallest absolute Gasteiger partial charge is 0.230 e. The summed E-state index contributed by atoms with van der Waals surface area (Å²) in [4.78, 5) is 12.6. The molecule has 1 aliphatic heterocycles. The normalized spacial score (nSPS) is 14.6. The first-order chi connectivity index (χ1) is 11.7. The Bertz CT molecular complexity index is 930. The average molecular weight is 326 g/mol. The average Bonchev–Trinajstić information content (AvgIpc) is 3.10. The molecule has 0 unspecified atom stereocenters. The molecular weight excluding hydrogens is 312 g/mol. The standard InChI is InChI=1S/C18H14O6/c19-7-5-14-17(6-8-20)24-16-4-2-12(9-15(16)18(14)21)1-3-13-10-22-11-23-13/h1-10,19-20H,11H2/b3-1-,7-5+,8-6+. The molecule has 0 spiro atoms. The second kappa shape index (κ2) is 6.78. The van der Waals surface area contributed by atoms with Crippen molar-refractivity contribution in [3.05, 3.63) is 75.9 Å². The summed E-state index contributed by atoms with van der Waals surface area (Å²) < 4.78 is 15.7. The van der Waals surface area contributed by atoms with Gasteiger partial charge >= 0.3 is 0 Å². The first-order valence-electron chi connectivity index (χ1n) is 7.08. The molecule has 0 bridgehead atoms. The molecule has 0 aliphatic carbocycles. The Hall–Kier alpha value is -3.41. The maximum absolute atomic E-state index is 12.6. The SMILES string of the molecule is O=c1c(/C=C/O)c(/C=C/O)oc2ccc(/C=C\C3=COCO3)cc12. The molecule has 3 rings (SSSR count). The third kappa shape index (κ3) is 3.03. The summed E-state index contributed by atoms with van der Waals surface area (Å²) in [7, 11) is 0. The number of hydrogen-bond acceptors (Lipinski definition) is 6. The van der Waals surface area contributed by atoms with E-state index in [9.17, 15) is 4.79 Å². The molecule has 0 fully saturated rings. The molecule has 6 nitrogen and oxygen atoms in total. The van der Waals surface area contributed by atoms with E-state index in [1.54, 1.807) is 30.4 Å². The van der Waals surface area contributed by atoms with Gasteiger partial charge in [0.1, 0.15) is 17.6 Å². The number of allylic oxidation sites excluding steroid dienone is 1. The minimum absolute atomic E-state index is 0.145. The number of aliphatic hydroxyl groups is 2. The van der Waals surface area contributed by atoms with Gasteiger partial charge in [-0.1, -0.05) is 12.1 Å². The highest BCUT2D eigenvalue weighted by Gasteiger charge is 2.11. The van der Waals surface area contributed by atoms with E-state index in [0.29, 0.717) is 16.7 Å². The van der Waals surface area contributed by atoms with E-state index in [0.717, 1.165) is 18.1 Å². The maximum atomic E-state index is 12.6. The lowest BCUT2D eigenvalue weighted by Crippen LogP contribution is -2.07. The van der Waals surface area contributed by atoms with E-state index >= 15 is 0 Å². The lowest BCUT2D eigenvalue weighted by Gasteiger charge is -2.04. The number of ether oxygens (including phenoxy) is 2. The van der Waals surface area contributed by atoms with Gasteiger partial charge in [-0.05, 0) is 29.8 Å². The van der Waals surface area contributed by atoms with Crippen molar-refractivity contribution < 1.29 is 24.1 Å². The second-order valence-corrected chi connectivity index (χ2v) is 4.88. The predicted molar refractivity (Wildman–Crippen MR) is 90.0 cm³/mol. The minimum Gasteiger partial charge on any atom is -0.516 e. The van der Waals surface area contributed by atoms with Crippen LogP contribution in [0.15, 0.2) is 58.0 Å². The van der Waals surface area contributed by atoms with Crippen LogP contribution in [0.5, 0.6) is 0 Å². The van der Waals surface area contributed by atoms with Gasteiger partial charge in [0.2, 0.25) is 12.2 Å². The molecule has 1 aliphatic rings. The molecular formula is C18H14O6. The van der Waals surface area contributed by atoms with Gasteiger partial charge in [0.25, 0.3) is 0 Å². The Labute approximate surface area is 136 Å². The van der Waals surface area contributed by atoms with E-state index < -0.39 is 0 Å². The number of rotatable bonds is 4. The van der Waals surface area contributed by atoms with Crippen LogP contribution in [-0.4, -0.2) is 17.0 Å². The Morgan fingerprint density at radius 1 is 1.04 bits per heavy atom. The summed E-state index contributed by atoms with van der Waals surface area (Å²) in [5.74, 6) is 0.750. The van der Waals surface area contributed by atoms with Crippen molar-refractivity contribution in [2.24, 2.45) is 0 Å². The lowest BCUT2D eigenvalue weighted by atomic mass is 10.1. The molecule has 24 heavy (non-hydrogen) atoms. The topological polar surface area (TPSA) is 89.1 Å². The van der Waals surface area contributed by atoms with Crippen LogP contribution in [-0.2, 0) is 9.47 Å². The number of benzene rings is 1. The van der Waals surface area contributed by atoms with Crippen molar-refractivity contribution in [3.63, 3.8) is 0 Å². The molecule has 2 heterocycles. The zero-order valence-electron chi connectivity index (χ0n) is 12.5. The molecule has 6 heteroatoms. The minimum atomic E-state index is -0.315. The highest BCUT2D eigenvalue weighted by Crippen LogP contribution is 2.20. The molecule has 2 N–H and O–H groups in total. The third-order valence-corrected chi connectivity index (χ3v) is 3.38. The van der Waals surface area contributed by atoms with Gasteiger partial charge in [-0.15, -0.1) is 0 Å². The van der Waals surface area contributed by atoms with Crippen LogP contribution >= 0.6 is 0 Å². The monoisotopic (exact) mass is 326 g/mol. The van der Waals surface area contributed by atoms with Crippen LogP contribution in [0.3, 0.4) is 0 Å². The quantitative estimate of drug-likeness (QED) is 0.833. The van der Waals surface area contributed by atoms with Crippen LogP contribution in [0.2, 0.25) is 0 Å². The van der Waals surface area contributed by atoms with Crippen LogP contribution < -0.4 is 5.43 Å². The van der Waals surface area contributed by atoms with Crippen LogP contribution in [0.1, 0.15) is 16.9 Å². The van der Waals surface area contributed by atoms with Crippen molar-refractivity contribution in [1.29, 1.82) is 0 Å². The van der Waals surface area contributed by atoms with Gasteiger partial charge in [0, 0.05) is 6.08 Å². The Kier molecular flexibility index (Phi) is 4.38. The summed E-state index contributed by atoms with van der Waals surface area (Å²) >= 11 is 0. The molecule has 1 aromatic heterocycles. The van der Waals surface area contributed by atoms with Crippen LogP contribution in [0, 0.1) is 0 Å². The fourth-order valence-corrected chi connectivity index (χ4v) is 2.29. The van der Waals surface area contributed by atoms with Gasteiger partial charge in [-0.25, -0.2) is 0 Å². The molecule has 0 radical (unpaired) electrons. The summed E-state index contributed by atoms with van der Waals surface area (Å²) in [6.45, 7) is 0.193. The molecule has 1 aromatic carbocycles. The fourth-order valence-electron chi connectivity index (χ4n) is 2.29. The zero-order chi connectivity index (χ0) is 16.9. The van der Waals surface area contributed by atoms with E-state index in [4.69, 9.17) is 24.1 Å². The van der Waals surface area contributed by atoms with E-state index in [2.05, 4.69) is 0 Å². The van der Waals surface area contributed by atoms with Gasteiger partial charge in [0.15, 0.2) is 5.76 Å². The summed E-state index contributed by atoms with van der Waals surface area (Å²) in [5.41, 5.74) is 0.979. The Morgan fingerprint density at radius 3 is 2.58 bits per heavy atom. The number of fused-ring (bicyclic) bond motifs is 1. The summed E-state index contributed by atoms with van der Waals surface area (Å²) in [6, 6.07) is 5.12. The lowest BCUT2D eigenvalue weighted by molar-refractivity contribution is 0.0845. The first-order valence-corrected chi connectivity index (χ1v) is 7.08. The van der Waals surface area contributed by atoms with Crippen LogP contribution in [0.25, 0.3) is 29.2 Å². The number of hydrogen-bond donors (Lipinski definition) is 2. The molecule has 0 saturated heterocycles. The van der Waals surface area contributed by atoms with Crippen molar-refractivity contribution in [2.45, 2.75) is 0 Å². The highest BCUT2D eigenvalue weighted by molar-refractivity contribution is 5.83. The summed E-state index contributed by atoms with van der Waals surface area (Å²) in [5, 5.41) is 18.3. The van der Waals surface area contributed by atoms with Crippen molar-refractivity contribution in [3.8, 4) is 0 Å². The fraction of sp³-hybridized carbons (Fsp3) is 0.0556. The molecule has 0 amide bonds.